The Balaban J connectivity index is 1.47. The Hall–Kier alpha value is -3.48. The van der Waals surface area contributed by atoms with E-state index in [2.05, 4.69) is 10.3 Å². The zero-order valence-corrected chi connectivity index (χ0v) is 17.1. The number of para-hydroxylation sites is 1. The van der Waals surface area contributed by atoms with E-state index in [1.54, 1.807) is 37.3 Å². The summed E-state index contributed by atoms with van der Waals surface area (Å²) in [6, 6.07) is 14.9. The third-order valence-corrected chi connectivity index (χ3v) is 5.50. The Morgan fingerprint density at radius 2 is 1.93 bits per heavy atom. The summed E-state index contributed by atoms with van der Waals surface area (Å²) < 4.78 is 10.6. The molecule has 0 radical (unpaired) electrons. The molecular weight excluding hydrogens is 382 g/mol. The third kappa shape index (κ3) is 3.96. The molecular formula is C23H25N3O4. The minimum atomic E-state index is -0.289. The molecule has 1 fully saturated rings. The largest absolute Gasteiger partial charge is 0.497 e. The number of methoxy groups -OCH3 is 2. The molecule has 0 bridgehead atoms. The lowest BCUT2D eigenvalue weighted by Gasteiger charge is -2.32. The molecule has 156 valence electrons. The highest BCUT2D eigenvalue weighted by Gasteiger charge is 2.30. The van der Waals surface area contributed by atoms with Crippen LogP contribution in [-0.2, 0) is 4.79 Å². The summed E-state index contributed by atoms with van der Waals surface area (Å²) in [5, 5.41) is 3.93. The summed E-state index contributed by atoms with van der Waals surface area (Å²) in [4.78, 5) is 30.9. The molecule has 0 spiro atoms. The molecule has 7 heteroatoms. The molecule has 1 atom stereocenters. The average Bonchev–Trinajstić information content (AvgIpc) is 3.23. The van der Waals surface area contributed by atoms with Crippen LogP contribution in [-0.4, -0.2) is 49.0 Å². The predicted molar refractivity (Wildman–Crippen MR) is 115 cm³/mol. The number of hydrogen-bond acceptors (Lipinski definition) is 4. The predicted octanol–water partition coefficient (Wildman–Crippen LogP) is 3.68. The first-order valence-electron chi connectivity index (χ1n) is 9.99. The maximum Gasteiger partial charge on any atom is 0.270 e. The van der Waals surface area contributed by atoms with Gasteiger partial charge in [0.1, 0.15) is 17.2 Å². The molecule has 30 heavy (non-hydrogen) atoms. The number of anilines is 1. The van der Waals surface area contributed by atoms with Crippen molar-refractivity contribution in [2.75, 3.05) is 32.6 Å². The Labute approximate surface area is 175 Å². The quantitative estimate of drug-likeness (QED) is 0.676. The molecule has 1 aromatic heterocycles. The van der Waals surface area contributed by atoms with Crippen molar-refractivity contribution in [2.45, 2.75) is 12.8 Å². The number of benzene rings is 2. The number of carbonyl (C=O) groups excluding carboxylic acids is 2. The first-order chi connectivity index (χ1) is 14.6. The number of aromatic nitrogens is 1. The summed E-state index contributed by atoms with van der Waals surface area (Å²) in [7, 11) is 3.13. The number of nitrogens with zero attached hydrogens (tertiary/aromatic N) is 1. The van der Waals surface area contributed by atoms with E-state index >= 15 is 0 Å². The topological polar surface area (TPSA) is 83.7 Å². The van der Waals surface area contributed by atoms with Crippen LogP contribution in [0.1, 0.15) is 23.3 Å². The molecule has 2 aromatic carbocycles. The van der Waals surface area contributed by atoms with Gasteiger partial charge in [0.05, 0.1) is 25.8 Å². The molecule has 0 aliphatic carbocycles. The van der Waals surface area contributed by atoms with Crippen molar-refractivity contribution in [2.24, 2.45) is 5.92 Å². The third-order valence-electron chi connectivity index (χ3n) is 5.50. The van der Waals surface area contributed by atoms with Crippen LogP contribution in [0.25, 0.3) is 10.9 Å². The van der Waals surface area contributed by atoms with Crippen molar-refractivity contribution in [3.63, 3.8) is 0 Å². The van der Waals surface area contributed by atoms with Gasteiger partial charge in [0.25, 0.3) is 5.91 Å². The van der Waals surface area contributed by atoms with Crippen LogP contribution in [0.15, 0.2) is 48.5 Å². The minimum absolute atomic E-state index is 0.0809. The van der Waals surface area contributed by atoms with Crippen molar-refractivity contribution in [3.8, 4) is 11.5 Å². The van der Waals surface area contributed by atoms with Crippen LogP contribution < -0.4 is 14.8 Å². The number of likely N-dealkylation sites (tertiary alicyclic amines) is 1. The number of aromatic amines is 1. The summed E-state index contributed by atoms with van der Waals surface area (Å²) in [6.45, 7) is 1.02. The fourth-order valence-electron chi connectivity index (χ4n) is 3.88. The monoisotopic (exact) mass is 407 g/mol. The van der Waals surface area contributed by atoms with Gasteiger partial charge in [0, 0.05) is 30.1 Å². The number of amides is 2. The van der Waals surface area contributed by atoms with Crippen LogP contribution in [0.5, 0.6) is 11.5 Å². The van der Waals surface area contributed by atoms with Gasteiger partial charge in [-0.25, -0.2) is 0 Å². The summed E-state index contributed by atoms with van der Waals surface area (Å²) >= 11 is 0. The fourth-order valence-corrected chi connectivity index (χ4v) is 3.88. The van der Waals surface area contributed by atoms with Crippen LogP contribution in [0.2, 0.25) is 0 Å². The molecule has 2 heterocycles. The van der Waals surface area contributed by atoms with Gasteiger partial charge in [-0.05, 0) is 37.1 Å². The van der Waals surface area contributed by atoms with Gasteiger partial charge >= 0.3 is 0 Å². The Morgan fingerprint density at radius 3 is 2.70 bits per heavy atom. The fraction of sp³-hybridized carbons (Fsp3) is 0.304. The molecule has 0 unspecified atom stereocenters. The first kappa shape index (κ1) is 19.8. The van der Waals surface area contributed by atoms with E-state index in [1.807, 2.05) is 30.3 Å². The van der Waals surface area contributed by atoms with E-state index in [1.165, 1.54) is 0 Å². The Bertz CT molecular complexity index is 1040. The van der Waals surface area contributed by atoms with E-state index in [9.17, 15) is 9.59 Å². The van der Waals surface area contributed by atoms with Crippen LogP contribution in [0.3, 0.4) is 0 Å². The van der Waals surface area contributed by atoms with E-state index in [4.69, 9.17) is 9.47 Å². The SMILES string of the molecule is COc1ccc(OC)c(NC(=O)[C@H]2CCCN(C(=O)c3cc4ccccc4[nH]3)C2)c1. The van der Waals surface area contributed by atoms with Crippen molar-refractivity contribution in [1.29, 1.82) is 0 Å². The highest BCUT2D eigenvalue weighted by Crippen LogP contribution is 2.30. The highest BCUT2D eigenvalue weighted by molar-refractivity contribution is 5.99. The summed E-state index contributed by atoms with van der Waals surface area (Å²) in [5.74, 6) is 0.692. The molecule has 0 saturated carbocycles. The van der Waals surface area contributed by atoms with Gasteiger partial charge < -0.3 is 24.7 Å². The molecule has 7 nitrogen and oxygen atoms in total. The number of piperidine rings is 1. The molecule has 1 saturated heterocycles. The number of hydrogen-bond donors (Lipinski definition) is 2. The number of nitrogens with one attached hydrogen (secondary N) is 2. The molecule has 2 N–H and O–H groups in total. The number of H-pyrrole nitrogens is 1. The van der Waals surface area contributed by atoms with Crippen molar-refractivity contribution >= 4 is 28.4 Å². The minimum Gasteiger partial charge on any atom is -0.497 e. The lowest BCUT2D eigenvalue weighted by Crippen LogP contribution is -2.43. The normalized spacial score (nSPS) is 16.3. The smallest absolute Gasteiger partial charge is 0.270 e. The van der Waals surface area contributed by atoms with Crippen molar-refractivity contribution in [1.82, 2.24) is 9.88 Å². The zero-order valence-electron chi connectivity index (χ0n) is 17.1. The maximum atomic E-state index is 13.0. The summed E-state index contributed by atoms with van der Waals surface area (Å²) in [6.07, 6.45) is 1.51. The molecule has 1 aliphatic heterocycles. The number of ether oxygens (including phenoxy) is 2. The molecule has 1 aliphatic rings. The number of rotatable bonds is 5. The van der Waals surface area contributed by atoms with Gasteiger partial charge in [-0.2, -0.15) is 0 Å². The maximum absolute atomic E-state index is 13.0. The van der Waals surface area contributed by atoms with Crippen molar-refractivity contribution in [3.05, 3.63) is 54.2 Å². The van der Waals surface area contributed by atoms with Gasteiger partial charge in [-0.15, -0.1) is 0 Å². The highest BCUT2D eigenvalue weighted by atomic mass is 16.5. The van der Waals surface area contributed by atoms with Crippen LogP contribution in [0, 0.1) is 5.92 Å². The van der Waals surface area contributed by atoms with Crippen LogP contribution in [0.4, 0.5) is 5.69 Å². The van der Waals surface area contributed by atoms with Crippen LogP contribution >= 0.6 is 0 Å². The van der Waals surface area contributed by atoms with E-state index in [0.717, 1.165) is 23.7 Å². The van der Waals surface area contributed by atoms with Gasteiger partial charge in [-0.1, -0.05) is 18.2 Å². The summed E-state index contributed by atoms with van der Waals surface area (Å²) in [5.41, 5.74) is 2.03. The second-order valence-electron chi connectivity index (χ2n) is 7.42. The Kier molecular flexibility index (Phi) is 5.61. The van der Waals surface area contributed by atoms with Gasteiger partial charge in [0.2, 0.25) is 5.91 Å². The zero-order chi connectivity index (χ0) is 21.1. The first-order valence-corrected chi connectivity index (χ1v) is 9.99. The van der Waals surface area contributed by atoms with E-state index in [-0.39, 0.29) is 17.7 Å². The van der Waals surface area contributed by atoms with Gasteiger partial charge in [-0.3, -0.25) is 9.59 Å². The second-order valence-corrected chi connectivity index (χ2v) is 7.42. The average molecular weight is 407 g/mol. The number of fused-ring (bicyclic) bond motifs is 1. The van der Waals surface area contributed by atoms with Crippen molar-refractivity contribution < 1.29 is 19.1 Å². The molecule has 3 aromatic rings. The number of carbonyl (C=O) groups is 2. The lowest BCUT2D eigenvalue weighted by atomic mass is 9.96. The second kappa shape index (κ2) is 8.49. The van der Waals surface area contributed by atoms with Gasteiger partial charge in [0.15, 0.2) is 0 Å². The Morgan fingerprint density at radius 1 is 1.10 bits per heavy atom. The standard InChI is InChI=1S/C23H25N3O4/c1-29-17-9-10-21(30-2)19(13-17)25-22(27)16-7-5-11-26(14-16)23(28)20-12-15-6-3-4-8-18(15)24-20/h3-4,6,8-10,12-13,16,24H,5,7,11,14H2,1-2H3,(H,25,27)/t16-/m0/s1. The lowest BCUT2D eigenvalue weighted by molar-refractivity contribution is -0.121. The van der Waals surface area contributed by atoms with E-state index in [0.29, 0.717) is 36.0 Å². The van der Waals surface area contributed by atoms with E-state index < -0.39 is 0 Å². The molecule has 4 rings (SSSR count). The molecule has 2 amide bonds.